The first-order valence-corrected chi connectivity index (χ1v) is 11.5. The Hall–Kier alpha value is -3.50. The number of thiophene rings is 1. The highest BCUT2D eigenvalue weighted by Gasteiger charge is 2.17. The van der Waals surface area contributed by atoms with Crippen molar-refractivity contribution >= 4 is 34.9 Å². The molecule has 0 atom stereocenters. The second kappa shape index (κ2) is 10.2. The van der Waals surface area contributed by atoms with Crippen molar-refractivity contribution in [1.82, 2.24) is 25.6 Å². The van der Waals surface area contributed by atoms with E-state index in [1.54, 1.807) is 29.6 Å². The molecule has 32 heavy (non-hydrogen) atoms. The molecule has 2 N–H and O–H groups in total. The van der Waals surface area contributed by atoms with Crippen LogP contribution in [0, 0.1) is 5.82 Å². The molecular formula is C22H18FN5O2S2. The molecule has 0 bridgehead atoms. The fourth-order valence-corrected chi connectivity index (χ4v) is 4.24. The number of nitrogens with zero attached hydrogens (tertiary/aromatic N) is 3. The van der Waals surface area contributed by atoms with Crippen molar-refractivity contribution in [3.63, 3.8) is 0 Å². The second-order valence-electron chi connectivity index (χ2n) is 6.65. The van der Waals surface area contributed by atoms with Crippen LogP contribution in [0.3, 0.4) is 0 Å². The van der Waals surface area contributed by atoms with Gasteiger partial charge >= 0.3 is 0 Å². The number of carbonyl (C=O) groups excluding carboxylic acids is 2. The van der Waals surface area contributed by atoms with E-state index in [9.17, 15) is 14.0 Å². The molecule has 2 aromatic heterocycles. The van der Waals surface area contributed by atoms with Crippen LogP contribution < -0.4 is 10.9 Å². The summed E-state index contributed by atoms with van der Waals surface area (Å²) >= 11 is 2.48. The number of hydrogen-bond acceptors (Lipinski definition) is 6. The topological polar surface area (TPSA) is 88.9 Å². The number of benzene rings is 2. The summed E-state index contributed by atoms with van der Waals surface area (Å²) in [6.07, 6.45) is 0. The van der Waals surface area contributed by atoms with E-state index in [4.69, 9.17) is 0 Å². The number of thioether (sulfide) groups is 1. The Bertz CT molecular complexity index is 1200. The third-order valence-electron chi connectivity index (χ3n) is 4.40. The summed E-state index contributed by atoms with van der Waals surface area (Å²) in [6.45, 7) is 0.486. The van der Waals surface area contributed by atoms with Crippen LogP contribution in [0.25, 0.3) is 11.4 Å². The van der Waals surface area contributed by atoms with Gasteiger partial charge in [-0.25, -0.2) is 4.39 Å². The van der Waals surface area contributed by atoms with Crippen LogP contribution in [0.15, 0.2) is 77.3 Å². The molecule has 2 heterocycles. The molecule has 0 aliphatic carbocycles. The summed E-state index contributed by atoms with van der Waals surface area (Å²) in [5.41, 5.74) is 6.54. The number of halogens is 1. The Labute approximate surface area is 191 Å². The van der Waals surface area contributed by atoms with Gasteiger partial charge in [-0.2, -0.15) is 0 Å². The van der Waals surface area contributed by atoms with Crippen LogP contribution in [-0.2, 0) is 11.3 Å². The van der Waals surface area contributed by atoms with Crippen LogP contribution in [0.5, 0.6) is 0 Å². The molecule has 7 nitrogen and oxygen atoms in total. The lowest BCUT2D eigenvalue weighted by Gasteiger charge is -2.11. The highest BCUT2D eigenvalue weighted by Crippen LogP contribution is 2.25. The van der Waals surface area contributed by atoms with Crippen LogP contribution in [0.4, 0.5) is 4.39 Å². The lowest BCUT2D eigenvalue weighted by atomic mass is 10.2. The van der Waals surface area contributed by atoms with Gasteiger partial charge in [0.2, 0.25) is 5.91 Å². The molecule has 0 spiro atoms. The van der Waals surface area contributed by atoms with Crippen molar-refractivity contribution < 1.29 is 14.0 Å². The summed E-state index contributed by atoms with van der Waals surface area (Å²) in [5, 5.41) is 10.8. The third-order valence-corrected chi connectivity index (χ3v) is 6.23. The van der Waals surface area contributed by atoms with Crippen molar-refractivity contribution in [1.29, 1.82) is 0 Å². The average molecular weight is 468 g/mol. The zero-order valence-electron chi connectivity index (χ0n) is 16.7. The molecule has 0 aliphatic rings. The zero-order chi connectivity index (χ0) is 22.3. The zero-order valence-corrected chi connectivity index (χ0v) is 18.3. The fourth-order valence-electron chi connectivity index (χ4n) is 2.88. The van der Waals surface area contributed by atoms with Crippen LogP contribution >= 0.6 is 23.1 Å². The summed E-state index contributed by atoms with van der Waals surface area (Å²) in [5.74, 6) is -0.482. The molecule has 0 aliphatic heterocycles. The van der Waals surface area contributed by atoms with Gasteiger partial charge in [-0.15, -0.1) is 21.5 Å². The lowest BCUT2D eigenvalue weighted by molar-refractivity contribution is -0.119. The predicted molar refractivity (Wildman–Crippen MR) is 122 cm³/mol. The van der Waals surface area contributed by atoms with Gasteiger partial charge in [0.15, 0.2) is 11.0 Å². The fraction of sp³-hybridized carbons (Fsp3) is 0.0909. The van der Waals surface area contributed by atoms with E-state index in [1.807, 2.05) is 34.9 Å². The normalized spacial score (nSPS) is 10.7. The quantitative estimate of drug-likeness (QED) is 0.319. The second-order valence-corrected chi connectivity index (χ2v) is 8.54. The Balaban J connectivity index is 1.47. The molecule has 0 fully saturated rings. The molecule has 0 radical (unpaired) electrons. The smallest absolute Gasteiger partial charge is 0.279 e. The summed E-state index contributed by atoms with van der Waals surface area (Å²) in [4.78, 5) is 24.7. The largest absolute Gasteiger partial charge is 0.298 e. The first kappa shape index (κ1) is 21.7. The van der Waals surface area contributed by atoms with Crippen molar-refractivity contribution in [3.8, 4) is 11.4 Å². The number of hydrazine groups is 1. The first-order chi connectivity index (χ1) is 15.6. The van der Waals surface area contributed by atoms with Crippen molar-refractivity contribution in [2.75, 3.05) is 5.75 Å². The standard InChI is InChI=1S/C22H18FN5O2S2/c23-17-10-8-16(9-11-17)20-25-27-22(28(20)13-15-5-2-1-3-6-15)32-14-19(29)24-26-21(30)18-7-4-12-31-18/h1-12H,13-14H2,(H,24,29)(H,26,30). The van der Waals surface area contributed by atoms with E-state index in [0.717, 1.165) is 5.56 Å². The molecule has 162 valence electrons. The number of nitrogens with one attached hydrogen (secondary N) is 2. The van der Waals surface area contributed by atoms with Crippen LogP contribution in [-0.4, -0.2) is 32.3 Å². The van der Waals surface area contributed by atoms with Crippen LogP contribution in [0.1, 0.15) is 15.2 Å². The maximum atomic E-state index is 13.4. The van der Waals surface area contributed by atoms with Gasteiger partial charge in [-0.1, -0.05) is 48.2 Å². The minimum atomic E-state index is -0.377. The van der Waals surface area contributed by atoms with E-state index < -0.39 is 0 Å². The number of aromatic nitrogens is 3. The SMILES string of the molecule is O=C(CSc1nnc(-c2ccc(F)cc2)n1Cc1ccccc1)NNC(=O)c1cccs1. The van der Waals surface area contributed by atoms with Crippen molar-refractivity contribution in [2.24, 2.45) is 0 Å². The molecule has 0 saturated heterocycles. The Morgan fingerprint density at radius 1 is 0.969 bits per heavy atom. The van der Waals surface area contributed by atoms with Crippen LogP contribution in [0.2, 0.25) is 0 Å². The van der Waals surface area contributed by atoms with Gasteiger partial charge in [-0.3, -0.25) is 25.0 Å². The van der Waals surface area contributed by atoms with Gasteiger partial charge in [0.1, 0.15) is 5.82 Å². The third kappa shape index (κ3) is 5.40. The van der Waals surface area contributed by atoms with E-state index in [-0.39, 0.29) is 23.4 Å². The van der Waals surface area contributed by atoms with Gasteiger partial charge in [0, 0.05) is 5.56 Å². The minimum absolute atomic E-state index is 0.0288. The molecule has 2 aromatic carbocycles. The molecule has 10 heteroatoms. The highest BCUT2D eigenvalue weighted by atomic mass is 32.2. The monoisotopic (exact) mass is 467 g/mol. The Kier molecular flexibility index (Phi) is 6.93. The maximum absolute atomic E-state index is 13.4. The van der Waals surface area contributed by atoms with Crippen molar-refractivity contribution in [3.05, 3.63) is 88.4 Å². The Morgan fingerprint density at radius 2 is 1.75 bits per heavy atom. The molecule has 0 saturated carbocycles. The first-order valence-electron chi connectivity index (χ1n) is 9.59. The molecule has 4 rings (SSSR count). The van der Waals surface area contributed by atoms with Gasteiger partial charge < -0.3 is 0 Å². The summed E-state index contributed by atoms with van der Waals surface area (Å²) < 4.78 is 15.2. The molecule has 2 amide bonds. The van der Waals surface area contributed by atoms with Gasteiger partial charge in [0.25, 0.3) is 5.91 Å². The number of carbonyl (C=O) groups is 2. The van der Waals surface area contributed by atoms with E-state index >= 15 is 0 Å². The van der Waals surface area contributed by atoms with E-state index in [0.29, 0.717) is 28.0 Å². The summed E-state index contributed by atoms with van der Waals surface area (Å²) in [7, 11) is 0. The molecular weight excluding hydrogens is 449 g/mol. The maximum Gasteiger partial charge on any atom is 0.279 e. The van der Waals surface area contributed by atoms with Gasteiger partial charge in [-0.05, 0) is 41.3 Å². The molecule has 4 aromatic rings. The van der Waals surface area contributed by atoms with Gasteiger partial charge in [0.05, 0.1) is 17.2 Å². The average Bonchev–Trinajstić information content (AvgIpc) is 3.48. The van der Waals surface area contributed by atoms with Crippen molar-refractivity contribution in [2.45, 2.75) is 11.7 Å². The number of hydrogen-bond donors (Lipinski definition) is 2. The summed E-state index contributed by atoms with van der Waals surface area (Å²) in [6, 6.07) is 19.2. The highest BCUT2D eigenvalue weighted by molar-refractivity contribution is 7.99. The molecule has 0 unspecified atom stereocenters. The van der Waals surface area contributed by atoms with E-state index in [2.05, 4.69) is 21.0 Å². The lowest BCUT2D eigenvalue weighted by Crippen LogP contribution is -2.42. The number of rotatable bonds is 7. The number of amides is 2. The minimum Gasteiger partial charge on any atom is -0.298 e. The predicted octanol–water partition coefficient (Wildman–Crippen LogP) is 3.75. The Morgan fingerprint density at radius 3 is 2.47 bits per heavy atom. The van der Waals surface area contributed by atoms with E-state index in [1.165, 1.54) is 35.2 Å².